The van der Waals surface area contributed by atoms with Crippen LogP contribution in [0.25, 0.3) is 0 Å². The molecule has 0 aliphatic carbocycles. The van der Waals surface area contributed by atoms with E-state index in [2.05, 4.69) is 32.0 Å². The minimum atomic E-state index is -0.515. The molecule has 0 saturated carbocycles. The quantitative estimate of drug-likeness (QED) is 0.790. The summed E-state index contributed by atoms with van der Waals surface area (Å²) in [6.45, 7) is 3.10. The molecule has 1 saturated heterocycles. The number of nitrogens with zero attached hydrogens (tertiary/aromatic N) is 3. The first-order valence-electron chi connectivity index (χ1n) is 6.03. The van der Waals surface area contributed by atoms with Crippen LogP contribution in [-0.4, -0.2) is 54.6 Å². The third-order valence-corrected chi connectivity index (χ3v) is 3.08. The van der Waals surface area contributed by atoms with Crippen molar-refractivity contribution < 1.29 is 9.53 Å². The van der Waals surface area contributed by atoms with Crippen LogP contribution in [0.1, 0.15) is 17.0 Å². The second kappa shape index (κ2) is 5.77. The smallest absolute Gasteiger partial charge is 0.376 e. The average Bonchev–Trinajstić information content (AvgIpc) is 2.81. The Kier molecular flexibility index (Phi) is 4.09. The third kappa shape index (κ3) is 3.16. The predicted molar refractivity (Wildman–Crippen MR) is 67.5 cm³/mol. The van der Waals surface area contributed by atoms with Crippen molar-refractivity contribution in [2.24, 2.45) is 5.92 Å². The van der Waals surface area contributed by atoms with Crippen LogP contribution in [0.15, 0.2) is 12.3 Å². The largest absolute Gasteiger partial charge is 0.463 e. The van der Waals surface area contributed by atoms with E-state index in [0.29, 0.717) is 11.7 Å². The van der Waals surface area contributed by atoms with Gasteiger partial charge in [-0.25, -0.2) is 14.8 Å². The topological polar surface area (TPSA) is 67.3 Å². The molecule has 6 heteroatoms. The molecule has 1 aliphatic heterocycles. The van der Waals surface area contributed by atoms with Crippen LogP contribution in [0.3, 0.4) is 0 Å². The van der Waals surface area contributed by atoms with Gasteiger partial charge < -0.3 is 15.0 Å². The van der Waals surface area contributed by atoms with E-state index >= 15 is 0 Å². The van der Waals surface area contributed by atoms with Crippen molar-refractivity contribution in [2.75, 3.05) is 39.1 Å². The number of nitrogens with one attached hydrogen (secondary N) is 1. The Hall–Kier alpha value is -1.69. The number of methoxy groups -OCH3 is 1. The highest BCUT2D eigenvalue weighted by atomic mass is 16.5. The summed E-state index contributed by atoms with van der Waals surface area (Å²) >= 11 is 0. The highest BCUT2D eigenvalue weighted by Gasteiger charge is 2.19. The first-order chi connectivity index (χ1) is 8.69. The molecular formula is C12H18N4O2. The summed E-state index contributed by atoms with van der Waals surface area (Å²) < 4.78 is 4.58. The number of anilines is 1. The highest BCUT2D eigenvalue weighted by Crippen LogP contribution is 2.14. The van der Waals surface area contributed by atoms with E-state index in [1.54, 1.807) is 12.3 Å². The maximum atomic E-state index is 11.3. The Morgan fingerprint density at radius 2 is 2.50 bits per heavy atom. The van der Waals surface area contributed by atoms with Crippen LogP contribution in [0.4, 0.5) is 5.82 Å². The zero-order valence-corrected chi connectivity index (χ0v) is 10.7. The van der Waals surface area contributed by atoms with Crippen molar-refractivity contribution in [3.63, 3.8) is 0 Å². The Labute approximate surface area is 106 Å². The predicted octanol–water partition coefficient (Wildman–Crippen LogP) is 0.627. The van der Waals surface area contributed by atoms with Gasteiger partial charge in [-0.15, -0.1) is 0 Å². The fourth-order valence-corrected chi connectivity index (χ4v) is 2.09. The summed E-state index contributed by atoms with van der Waals surface area (Å²) in [6.07, 6.45) is 2.75. The number of hydrogen-bond donors (Lipinski definition) is 1. The number of ether oxygens (including phenoxy) is 1. The molecule has 18 heavy (non-hydrogen) atoms. The van der Waals surface area contributed by atoms with Gasteiger partial charge in [-0.3, -0.25) is 0 Å². The third-order valence-electron chi connectivity index (χ3n) is 3.08. The molecule has 0 spiro atoms. The highest BCUT2D eigenvalue weighted by molar-refractivity contribution is 5.85. The van der Waals surface area contributed by atoms with E-state index in [1.807, 2.05) is 0 Å². The van der Waals surface area contributed by atoms with E-state index in [4.69, 9.17) is 0 Å². The molecule has 2 rings (SSSR count). The molecule has 0 aromatic carbocycles. The van der Waals surface area contributed by atoms with Crippen LogP contribution >= 0.6 is 0 Å². The van der Waals surface area contributed by atoms with E-state index in [-0.39, 0.29) is 5.82 Å². The molecule has 1 unspecified atom stereocenters. The summed E-state index contributed by atoms with van der Waals surface area (Å²) in [6, 6.07) is 1.76. The SMILES string of the molecule is COC(=O)c1nccc(NCC2CCN(C)C2)n1. The molecule has 0 amide bonds. The lowest BCUT2D eigenvalue weighted by Gasteiger charge is -2.12. The summed E-state index contributed by atoms with van der Waals surface area (Å²) in [5.41, 5.74) is 0. The summed E-state index contributed by atoms with van der Waals surface area (Å²) in [5.74, 6) is 0.872. The number of carbonyl (C=O) groups excluding carboxylic acids is 1. The zero-order chi connectivity index (χ0) is 13.0. The zero-order valence-electron chi connectivity index (χ0n) is 10.7. The molecule has 0 bridgehead atoms. The number of carbonyl (C=O) groups is 1. The van der Waals surface area contributed by atoms with Crippen molar-refractivity contribution in [1.29, 1.82) is 0 Å². The van der Waals surface area contributed by atoms with Crippen molar-refractivity contribution in [3.8, 4) is 0 Å². The van der Waals surface area contributed by atoms with Crippen molar-refractivity contribution >= 4 is 11.8 Å². The number of hydrogen-bond acceptors (Lipinski definition) is 6. The molecule has 1 atom stereocenters. The van der Waals surface area contributed by atoms with Crippen LogP contribution in [0, 0.1) is 5.92 Å². The van der Waals surface area contributed by atoms with E-state index in [1.165, 1.54) is 13.5 Å². The summed E-state index contributed by atoms with van der Waals surface area (Å²) in [4.78, 5) is 21.6. The Bertz CT molecular complexity index is 424. The first kappa shape index (κ1) is 12.8. The molecule has 1 aliphatic rings. The number of rotatable bonds is 4. The van der Waals surface area contributed by atoms with Gasteiger partial charge in [0, 0.05) is 19.3 Å². The van der Waals surface area contributed by atoms with Gasteiger partial charge in [-0.2, -0.15) is 0 Å². The second-order valence-electron chi connectivity index (χ2n) is 4.55. The lowest BCUT2D eigenvalue weighted by molar-refractivity contribution is 0.0587. The van der Waals surface area contributed by atoms with Gasteiger partial charge in [0.2, 0.25) is 5.82 Å². The minimum Gasteiger partial charge on any atom is -0.463 e. The normalized spacial score (nSPS) is 19.8. The number of esters is 1. The molecule has 1 fully saturated rings. The molecule has 1 aromatic rings. The molecule has 2 heterocycles. The van der Waals surface area contributed by atoms with Crippen LogP contribution < -0.4 is 5.32 Å². The monoisotopic (exact) mass is 250 g/mol. The van der Waals surface area contributed by atoms with Gasteiger partial charge >= 0.3 is 5.97 Å². The van der Waals surface area contributed by atoms with Crippen molar-refractivity contribution in [3.05, 3.63) is 18.1 Å². The average molecular weight is 250 g/mol. The maximum Gasteiger partial charge on any atom is 0.376 e. The summed E-state index contributed by atoms with van der Waals surface area (Å²) in [5, 5.41) is 3.24. The number of aromatic nitrogens is 2. The lowest BCUT2D eigenvalue weighted by Crippen LogP contribution is -2.20. The van der Waals surface area contributed by atoms with Gasteiger partial charge in [0.1, 0.15) is 5.82 Å². The van der Waals surface area contributed by atoms with Gasteiger partial charge in [0.25, 0.3) is 0 Å². The van der Waals surface area contributed by atoms with Gasteiger partial charge in [-0.05, 0) is 32.0 Å². The first-order valence-corrected chi connectivity index (χ1v) is 6.03. The maximum absolute atomic E-state index is 11.3. The van der Waals surface area contributed by atoms with Gasteiger partial charge in [-0.1, -0.05) is 0 Å². The van der Waals surface area contributed by atoms with E-state index in [9.17, 15) is 4.79 Å². The van der Waals surface area contributed by atoms with Crippen LogP contribution in [0.2, 0.25) is 0 Å². The standard InChI is InChI=1S/C12H18N4O2/c1-16-6-4-9(8-16)7-14-10-3-5-13-11(15-10)12(17)18-2/h3,5,9H,4,6-8H2,1-2H3,(H,13,14,15). The fourth-order valence-electron chi connectivity index (χ4n) is 2.09. The van der Waals surface area contributed by atoms with Crippen LogP contribution in [0.5, 0.6) is 0 Å². The van der Waals surface area contributed by atoms with Crippen molar-refractivity contribution in [2.45, 2.75) is 6.42 Å². The minimum absolute atomic E-state index is 0.0889. The van der Waals surface area contributed by atoms with Crippen LogP contribution in [-0.2, 0) is 4.74 Å². The van der Waals surface area contributed by atoms with Crippen molar-refractivity contribution in [1.82, 2.24) is 14.9 Å². The lowest BCUT2D eigenvalue weighted by atomic mass is 10.1. The molecule has 1 aromatic heterocycles. The fraction of sp³-hybridized carbons (Fsp3) is 0.583. The van der Waals surface area contributed by atoms with Gasteiger partial charge in [0.15, 0.2) is 0 Å². The molecule has 1 N–H and O–H groups in total. The second-order valence-corrected chi connectivity index (χ2v) is 4.55. The molecule has 0 radical (unpaired) electrons. The van der Waals surface area contributed by atoms with Gasteiger partial charge in [0.05, 0.1) is 7.11 Å². The Morgan fingerprint density at radius 3 is 3.17 bits per heavy atom. The molecule has 6 nitrogen and oxygen atoms in total. The molecule has 98 valence electrons. The van der Waals surface area contributed by atoms with E-state index in [0.717, 1.165) is 19.6 Å². The van der Waals surface area contributed by atoms with E-state index < -0.39 is 5.97 Å². The number of likely N-dealkylation sites (tertiary alicyclic amines) is 1. The molecular weight excluding hydrogens is 232 g/mol. The Morgan fingerprint density at radius 1 is 1.67 bits per heavy atom. The summed E-state index contributed by atoms with van der Waals surface area (Å²) in [7, 11) is 3.44. The Balaban J connectivity index is 1.91.